The van der Waals surface area contributed by atoms with Crippen LogP contribution in [-0.4, -0.2) is 40.4 Å². The zero-order valence-corrected chi connectivity index (χ0v) is 10.00. The lowest BCUT2D eigenvalue weighted by molar-refractivity contribution is -0.383. The minimum Gasteiger partial charge on any atom is -0.354 e. The second-order valence-corrected chi connectivity index (χ2v) is 3.88. The predicted molar refractivity (Wildman–Crippen MR) is 66.3 cm³/mol. The van der Waals surface area contributed by atoms with Gasteiger partial charge in [0.2, 0.25) is 17.5 Å². The van der Waals surface area contributed by atoms with E-state index < -0.39 is 4.92 Å². The molecule has 0 aromatic carbocycles. The van der Waals surface area contributed by atoms with Crippen molar-refractivity contribution in [2.75, 3.05) is 30.0 Å². The summed E-state index contributed by atoms with van der Waals surface area (Å²) in [4.78, 5) is 31.1. The number of hydrogen-bond donors (Lipinski definition) is 3. The van der Waals surface area contributed by atoms with Crippen molar-refractivity contribution in [3.05, 3.63) is 16.4 Å². The summed E-state index contributed by atoms with van der Waals surface area (Å²) in [6.07, 6.45) is 1.45. The smallest absolute Gasteiger partial charge is 0.354 e. The van der Waals surface area contributed by atoms with Crippen molar-refractivity contribution >= 4 is 23.2 Å². The molecule has 1 aromatic heterocycles. The van der Waals surface area contributed by atoms with Crippen LogP contribution in [0.15, 0.2) is 6.33 Å². The molecule has 10 heteroatoms. The van der Waals surface area contributed by atoms with Gasteiger partial charge in [0.15, 0.2) is 0 Å². The molecular formula is C9H13N7O3. The molecule has 2 heterocycles. The number of nitro groups is 1. The molecule has 1 aromatic rings. The van der Waals surface area contributed by atoms with Crippen LogP contribution < -0.4 is 21.5 Å². The van der Waals surface area contributed by atoms with Crippen molar-refractivity contribution in [3.8, 4) is 0 Å². The van der Waals surface area contributed by atoms with Crippen LogP contribution in [0.3, 0.4) is 0 Å². The number of nitrogens with zero attached hydrogens (tertiary/aromatic N) is 4. The molecule has 1 aliphatic rings. The summed E-state index contributed by atoms with van der Waals surface area (Å²) in [5, 5.41) is 13.8. The molecule has 19 heavy (non-hydrogen) atoms. The van der Waals surface area contributed by atoms with E-state index in [1.54, 1.807) is 4.90 Å². The first kappa shape index (κ1) is 13.0. The molecule has 2 rings (SSSR count). The lowest BCUT2D eigenvalue weighted by Crippen LogP contribution is -2.30. The fourth-order valence-corrected chi connectivity index (χ4v) is 1.85. The summed E-state index contributed by atoms with van der Waals surface area (Å²) in [5.41, 5.74) is 1.89. The van der Waals surface area contributed by atoms with E-state index in [1.165, 1.54) is 6.33 Å². The molecule has 0 spiro atoms. The Morgan fingerprint density at radius 2 is 2.26 bits per heavy atom. The molecule has 0 aliphatic carbocycles. The summed E-state index contributed by atoms with van der Waals surface area (Å²) in [6, 6.07) is 0. The third kappa shape index (κ3) is 2.68. The van der Waals surface area contributed by atoms with Crippen molar-refractivity contribution in [2.45, 2.75) is 6.42 Å². The lowest BCUT2D eigenvalue weighted by atomic mass is 10.3. The van der Waals surface area contributed by atoms with Crippen LogP contribution in [0, 0.1) is 10.1 Å². The van der Waals surface area contributed by atoms with Crippen LogP contribution in [0.5, 0.6) is 0 Å². The van der Waals surface area contributed by atoms with Gasteiger partial charge in [-0.3, -0.25) is 14.9 Å². The normalized spacial score (nSPS) is 15.6. The molecule has 102 valence electrons. The molecule has 4 N–H and O–H groups in total. The Morgan fingerprint density at radius 3 is 2.95 bits per heavy atom. The molecule has 0 radical (unpaired) electrons. The molecule has 1 fully saturated rings. The van der Waals surface area contributed by atoms with Crippen LogP contribution in [0.1, 0.15) is 6.42 Å². The minimum atomic E-state index is -0.593. The molecule has 1 aliphatic heterocycles. The number of hydrazine groups is 1. The van der Waals surface area contributed by atoms with Gasteiger partial charge in [-0.15, -0.1) is 0 Å². The number of carbonyl (C=O) groups is 1. The second-order valence-electron chi connectivity index (χ2n) is 3.88. The van der Waals surface area contributed by atoms with E-state index in [9.17, 15) is 14.9 Å². The van der Waals surface area contributed by atoms with Gasteiger partial charge in [-0.2, -0.15) is 0 Å². The fraction of sp³-hybridized carbons (Fsp3) is 0.444. The monoisotopic (exact) mass is 267 g/mol. The number of nitrogens with two attached hydrogens (primary N) is 1. The van der Waals surface area contributed by atoms with E-state index in [4.69, 9.17) is 5.84 Å². The maximum Gasteiger partial charge on any atom is 0.354 e. The van der Waals surface area contributed by atoms with Crippen LogP contribution in [-0.2, 0) is 4.79 Å². The Balaban J connectivity index is 2.38. The predicted octanol–water partition coefficient (Wildman–Crippen LogP) is -1.00. The first-order valence-electron chi connectivity index (χ1n) is 5.61. The van der Waals surface area contributed by atoms with Crippen LogP contribution in [0.4, 0.5) is 17.3 Å². The highest BCUT2D eigenvalue weighted by Crippen LogP contribution is 2.31. The third-order valence-corrected chi connectivity index (χ3v) is 2.73. The summed E-state index contributed by atoms with van der Waals surface area (Å²) in [7, 11) is 0. The van der Waals surface area contributed by atoms with E-state index in [0.717, 1.165) is 0 Å². The topological polar surface area (TPSA) is 139 Å². The summed E-state index contributed by atoms with van der Waals surface area (Å²) in [5.74, 6) is 5.22. The quantitative estimate of drug-likeness (QED) is 0.360. The molecule has 1 saturated heterocycles. The van der Waals surface area contributed by atoms with Gasteiger partial charge in [-0.25, -0.2) is 15.8 Å². The van der Waals surface area contributed by atoms with Gasteiger partial charge in [-0.1, -0.05) is 0 Å². The van der Waals surface area contributed by atoms with Crippen molar-refractivity contribution in [1.82, 2.24) is 15.3 Å². The van der Waals surface area contributed by atoms with Gasteiger partial charge in [0.05, 0.1) is 4.92 Å². The van der Waals surface area contributed by atoms with Crippen molar-refractivity contribution < 1.29 is 9.72 Å². The number of rotatable bonds is 3. The number of carbonyl (C=O) groups excluding carboxylic acids is 1. The highest BCUT2D eigenvalue weighted by molar-refractivity contribution is 5.78. The first-order valence-corrected chi connectivity index (χ1v) is 5.61. The van der Waals surface area contributed by atoms with Gasteiger partial charge < -0.3 is 15.6 Å². The Morgan fingerprint density at radius 1 is 1.47 bits per heavy atom. The Kier molecular flexibility index (Phi) is 3.71. The number of anilines is 2. The zero-order valence-electron chi connectivity index (χ0n) is 10.00. The lowest BCUT2D eigenvalue weighted by Gasteiger charge is -2.20. The number of nitrogens with one attached hydrogen (secondary N) is 2. The summed E-state index contributed by atoms with van der Waals surface area (Å²) < 4.78 is 0. The van der Waals surface area contributed by atoms with E-state index in [-0.39, 0.29) is 29.7 Å². The summed E-state index contributed by atoms with van der Waals surface area (Å²) in [6.45, 7) is 1.20. The van der Waals surface area contributed by atoms with Gasteiger partial charge >= 0.3 is 5.69 Å². The van der Waals surface area contributed by atoms with Crippen molar-refractivity contribution in [3.63, 3.8) is 0 Å². The minimum absolute atomic E-state index is 0.0569. The van der Waals surface area contributed by atoms with Gasteiger partial charge in [0.1, 0.15) is 6.33 Å². The molecule has 0 bridgehead atoms. The van der Waals surface area contributed by atoms with Gasteiger partial charge in [0, 0.05) is 26.1 Å². The zero-order chi connectivity index (χ0) is 13.8. The molecular weight excluding hydrogens is 254 g/mol. The molecule has 1 amide bonds. The average Bonchev–Trinajstić information content (AvgIpc) is 2.62. The summed E-state index contributed by atoms with van der Waals surface area (Å²) >= 11 is 0. The highest BCUT2D eigenvalue weighted by Gasteiger charge is 2.27. The highest BCUT2D eigenvalue weighted by atomic mass is 16.6. The third-order valence-electron chi connectivity index (χ3n) is 2.73. The molecule has 0 saturated carbocycles. The van der Waals surface area contributed by atoms with Gasteiger partial charge in [-0.05, 0) is 0 Å². The van der Waals surface area contributed by atoms with Crippen LogP contribution >= 0.6 is 0 Å². The molecule has 0 unspecified atom stereocenters. The second kappa shape index (κ2) is 5.44. The van der Waals surface area contributed by atoms with Gasteiger partial charge in [0.25, 0.3) is 0 Å². The SMILES string of the molecule is NNc1ncnc(N2CCNC(=O)CC2)c1[N+](=O)[O-]. The van der Waals surface area contributed by atoms with E-state index in [2.05, 4.69) is 20.7 Å². The number of nitrogen functional groups attached to an aromatic ring is 1. The number of amides is 1. The first-order chi connectivity index (χ1) is 9.13. The molecule has 10 nitrogen and oxygen atoms in total. The maximum atomic E-state index is 11.3. The molecule has 0 atom stereocenters. The Hall–Kier alpha value is -2.49. The van der Waals surface area contributed by atoms with Crippen molar-refractivity contribution in [2.24, 2.45) is 5.84 Å². The number of hydrogen-bond acceptors (Lipinski definition) is 8. The van der Waals surface area contributed by atoms with E-state index in [0.29, 0.717) is 19.6 Å². The fourth-order valence-electron chi connectivity index (χ4n) is 1.85. The van der Waals surface area contributed by atoms with Crippen molar-refractivity contribution in [1.29, 1.82) is 0 Å². The maximum absolute atomic E-state index is 11.3. The van der Waals surface area contributed by atoms with E-state index >= 15 is 0 Å². The standard InChI is InChI=1S/C9H13N7O3/c10-14-8-7(16(18)19)9(13-5-12-8)15-3-1-6(17)11-2-4-15/h5H,1-4,10H2,(H,11,17)(H,12,13,14). The van der Waals surface area contributed by atoms with Crippen LogP contribution in [0.25, 0.3) is 0 Å². The number of aromatic nitrogens is 2. The largest absolute Gasteiger partial charge is 0.354 e. The Labute approximate surface area is 108 Å². The Bertz CT molecular complexity index is 507. The van der Waals surface area contributed by atoms with E-state index in [1.807, 2.05) is 0 Å². The average molecular weight is 267 g/mol. The van der Waals surface area contributed by atoms with Crippen LogP contribution in [0.2, 0.25) is 0 Å².